The fraction of sp³-hybridized carbons (Fsp3) is 0.0526. The molecule has 1 aromatic heterocycles. The van der Waals surface area contributed by atoms with Crippen LogP contribution in [0.2, 0.25) is 0 Å². The molecule has 4 aromatic rings. The van der Waals surface area contributed by atoms with E-state index in [9.17, 15) is 20.1 Å². The van der Waals surface area contributed by atoms with E-state index in [0.717, 1.165) is 33.1 Å². The molecule has 0 aliphatic heterocycles. The summed E-state index contributed by atoms with van der Waals surface area (Å²) in [5.74, 6) is 0. The van der Waals surface area contributed by atoms with Crippen LogP contribution in [0.25, 0.3) is 27.5 Å². The number of aromatic nitrogens is 1. The van der Waals surface area contributed by atoms with E-state index in [2.05, 4.69) is 4.57 Å². The van der Waals surface area contributed by atoms with Crippen molar-refractivity contribution >= 4 is 47.0 Å². The molecule has 7 heteroatoms. The first-order valence-electron chi connectivity index (χ1n) is 8.33. The second-order valence-electron chi connectivity index (χ2n) is 6.47. The molecule has 0 fully saturated rings. The molecule has 1 heterocycles. The molecule has 0 aliphatic rings. The molecule has 0 bridgehead atoms. The van der Waals surface area contributed by atoms with E-state index in [0.29, 0.717) is 10.9 Å². The third kappa shape index (κ3) is 2.71. The summed E-state index contributed by atoms with van der Waals surface area (Å²) in [6.07, 6.45) is 0. The zero-order valence-electron chi connectivity index (χ0n) is 14.2. The minimum Gasteiger partial charge on any atom is -0.423 e. The third-order valence-electron chi connectivity index (χ3n) is 4.70. The summed E-state index contributed by atoms with van der Waals surface area (Å²) >= 11 is 0. The maximum atomic E-state index is 9.52. The predicted octanol–water partition coefficient (Wildman–Crippen LogP) is 0.452. The fourth-order valence-electron chi connectivity index (χ4n) is 3.35. The van der Waals surface area contributed by atoms with Gasteiger partial charge in [0.15, 0.2) is 0 Å². The van der Waals surface area contributed by atoms with E-state index < -0.39 is 14.2 Å². The number of nitrogens with zero attached hydrogens (tertiary/aromatic N) is 1. The largest absolute Gasteiger partial charge is 0.488 e. The van der Waals surface area contributed by atoms with E-state index in [4.69, 9.17) is 0 Å². The minimum atomic E-state index is -1.57. The zero-order valence-corrected chi connectivity index (χ0v) is 14.2. The fourth-order valence-corrected chi connectivity index (χ4v) is 3.35. The lowest BCUT2D eigenvalue weighted by molar-refractivity contribution is 0.424. The SMILES string of the molecule is Cc1ccc(-n2c3ccc(B(O)O)cc3c3cc(B(O)O)ccc32)cc1. The quantitative estimate of drug-likeness (QED) is 0.406. The van der Waals surface area contributed by atoms with Crippen LogP contribution in [0.15, 0.2) is 60.7 Å². The monoisotopic (exact) mass is 345 g/mol. The van der Waals surface area contributed by atoms with Gasteiger partial charge in [-0.3, -0.25) is 0 Å². The van der Waals surface area contributed by atoms with E-state index >= 15 is 0 Å². The highest BCUT2D eigenvalue weighted by Gasteiger charge is 2.19. The van der Waals surface area contributed by atoms with Crippen molar-refractivity contribution in [3.05, 3.63) is 66.2 Å². The lowest BCUT2D eigenvalue weighted by Gasteiger charge is -2.09. The van der Waals surface area contributed by atoms with Gasteiger partial charge in [0.05, 0.1) is 11.0 Å². The Hall–Kier alpha value is -2.57. The van der Waals surface area contributed by atoms with Crippen LogP contribution < -0.4 is 10.9 Å². The summed E-state index contributed by atoms with van der Waals surface area (Å²) in [5, 5.41) is 39.7. The molecule has 5 nitrogen and oxygen atoms in total. The van der Waals surface area contributed by atoms with Gasteiger partial charge in [0.25, 0.3) is 0 Å². The Labute approximate surface area is 151 Å². The molecule has 3 aromatic carbocycles. The third-order valence-corrected chi connectivity index (χ3v) is 4.70. The smallest absolute Gasteiger partial charge is 0.423 e. The van der Waals surface area contributed by atoms with Gasteiger partial charge < -0.3 is 24.7 Å². The summed E-state index contributed by atoms with van der Waals surface area (Å²) < 4.78 is 2.07. The lowest BCUT2D eigenvalue weighted by atomic mass is 9.78. The molecule has 0 saturated carbocycles. The standard InChI is InChI=1S/C19H17B2NO4/c1-12-2-6-15(7-3-12)22-18-8-4-13(20(23)24)10-16(18)17-11-14(21(25)26)5-9-19(17)22/h2-11,23-26H,1H3. The van der Waals surface area contributed by atoms with E-state index in [1.807, 2.05) is 43.3 Å². The number of hydrogen-bond acceptors (Lipinski definition) is 4. The molecule has 0 atom stereocenters. The second-order valence-corrected chi connectivity index (χ2v) is 6.47. The highest BCUT2D eigenvalue weighted by atomic mass is 16.4. The topological polar surface area (TPSA) is 85.9 Å². The van der Waals surface area contributed by atoms with Crippen LogP contribution >= 0.6 is 0 Å². The number of aryl methyl sites for hydroxylation is 1. The Bertz CT molecular complexity index is 1040. The highest BCUT2D eigenvalue weighted by molar-refractivity contribution is 6.59. The maximum Gasteiger partial charge on any atom is 0.488 e. The minimum absolute atomic E-state index is 0.385. The molecule has 0 saturated heterocycles. The van der Waals surface area contributed by atoms with Crippen LogP contribution in [0.5, 0.6) is 0 Å². The van der Waals surface area contributed by atoms with Crippen LogP contribution in [0.1, 0.15) is 5.56 Å². The maximum absolute atomic E-state index is 9.52. The molecule has 0 spiro atoms. The molecular weight excluding hydrogens is 328 g/mol. The summed E-state index contributed by atoms with van der Waals surface area (Å²) in [5.41, 5.74) is 4.71. The van der Waals surface area contributed by atoms with Crippen LogP contribution in [0.3, 0.4) is 0 Å². The molecule has 0 unspecified atom stereocenters. The van der Waals surface area contributed by atoms with Crippen molar-refractivity contribution in [1.29, 1.82) is 0 Å². The Morgan fingerprint density at radius 3 is 1.54 bits per heavy atom. The average molecular weight is 345 g/mol. The lowest BCUT2D eigenvalue weighted by Crippen LogP contribution is -2.29. The number of hydrogen-bond donors (Lipinski definition) is 4. The molecular formula is C19H17B2NO4. The molecule has 128 valence electrons. The summed E-state index contributed by atoms with van der Waals surface area (Å²) in [6.45, 7) is 2.03. The van der Waals surface area contributed by atoms with Crippen LogP contribution in [0, 0.1) is 6.92 Å². The van der Waals surface area contributed by atoms with Crippen molar-refractivity contribution in [3.63, 3.8) is 0 Å². The molecule has 0 radical (unpaired) electrons. The van der Waals surface area contributed by atoms with Crippen LogP contribution in [-0.4, -0.2) is 38.9 Å². The summed E-state index contributed by atoms with van der Waals surface area (Å²) in [6, 6.07) is 18.6. The van der Waals surface area contributed by atoms with Gasteiger partial charge in [0, 0.05) is 16.5 Å². The number of rotatable bonds is 3. The Balaban J connectivity index is 2.10. The molecule has 4 N–H and O–H groups in total. The van der Waals surface area contributed by atoms with Gasteiger partial charge in [-0.2, -0.15) is 0 Å². The summed E-state index contributed by atoms with van der Waals surface area (Å²) in [4.78, 5) is 0. The van der Waals surface area contributed by atoms with Gasteiger partial charge >= 0.3 is 14.2 Å². The van der Waals surface area contributed by atoms with Crippen LogP contribution in [-0.2, 0) is 0 Å². The Morgan fingerprint density at radius 2 is 1.12 bits per heavy atom. The summed E-state index contributed by atoms with van der Waals surface area (Å²) in [7, 11) is -3.13. The molecule has 4 rings (SSSR count). The number of fused-ring (bicyclic) bond motifs is 3. The van der Waals surface area contributed by atoms with Gasteiger partial charge in [-0.25, -0.2) is 0 Å². The number of benzene rings is 3. The van der Waals surface area contributed by atoms with Crippen molar-refractivity contribution in [2.75, 3.05) is 0 Å². The van der Waals surface area contributed by atoms with E-state index in [1.54, 1.807) is 24.3 Å². The first-order valence-corrected chi connectivity index (χ1v) is 8.33. The average Bonchev–Trinajstić information content (AvgIpc) is 2.95. The van der Waals surface area contributed by atoms with E-state index in [-0.39, 0.29) is 0 Å². The Kier molecular flexibility index (Phi) is 4.09. The molecule has 0 aliphatic carbocycles. The highest BCUT2D eigenvalue weighted by Crippen LogP contribution is 2.31. The van der Waals surface area contributed by atoms with Crippen molar-refractivity contribution in [2.45, 2.75) is 6.92 Å². The van der Waals surface area contributed by atoms with Gasteiger partial charge in [-0.15, -0.1) is 0 Å². The normalized spacial score (nSPS) is 11.3. The Morgan fingerprint density at radius 1 is 0.654 bits per heavy atom. The van der Waals surface area contributed by atoms with Crippen molar-refractivity contribution in [3.8, 4) is 5.69 Å². The first kappa shape index (κ1) is 16.9. The van der Waals surface area contributed by atoms with Gasteiger partial charge in [0.2, 0.25) is 0 Å². The second kappa shape index (κ2) is 6.30. The first-order chi connectivity index (χ1) is 12.5. The van der Waals surface area contributed by atoms with Crippen molar-refractivity contribution in [1.82, 2.24) is 4.57 Å². The van der Waals surface area contributed by atoms with E-state index in [1.165, 1.54) is 0 Å². The van der Waals surface area contributed by atoms with Crippen LogP contribution in [0.4, 0.5) is 0 Å². The van der Waals surface area contributed by atoms with Crippen molar-refractivity contribution < 1.29 is 20.1 Å². The van der Waals surface area contributed by atoms with Gasteiger partial charge in [-0.1, -0.05) is 42.0 Å². The zero-order chi connectivity index (χ0) is 18.4. The van der Waals surface area contributed by atoms with Gasteiger partial charge in [-0.05, 0) is 42.1 Å². The van der Waals surface area contributed by atoms with Crippen molar-refractivity contribution in [2.24, 2.45) is 0 Å². The molecule has 26 heavy (non-hydrogen) atoms. The molecule has 0 amide bonds. The van der Waals surface area contributed by atoms with Gasteiger partial charge in [0.1, 0.15) is 0 Å². The predicted molar refractivity (Wildman–Crippen MR) is 105 cm³/mol.